The monoisotopic (exact) mass is 250 g/mol. The Labute approximate surface area is 109 Å². The van der Waals surface area contributed by atoms with Crippen molar-refractivity contribution in [1.82, 2.24) is 4.98 Å². The highest BCUT2D eigenvalue weighted by Crippen LogP contribution is 2.43. The van der Waals surface area contributed by atoms with Gasteiger partial charge in [0, 0.05) is 6.54 Å². The van der Waals surface area contributed by atoms with Crippen molar-refractivity contribution in [3.05, 3.63) is 24.1 Å². The standard InChI is InChI=1S/C15H23FN2/c1-12(2)10-15(8-3-4-9-15)11-17-14-7-5-6-13(16)18-14/h5-7,12H,3-4,8-11H2,1-2H3,(H,17,18). The molecule has 1 fully saturated rings. The smallest absolute Gasteiger partial charge is 0.214 e. The molecule has 1 saturated carbocycles. The van der Waals surface area contributed by atoms with Crippen LogP contribution < -0.4 is 5.32 Å². The first-order valence-electron chi connectivity index (χ1n) is 6.96. The molecule has 1 aromatic rings. The van der Waals surface area contributed by atoms with Crippen molar-refractivity contribution >= 4 is 5.82 Å². The first kappa shape index (κ1) is 13.3. The zero-order valence-electron chi connectivity index (χ0n) is 11.4. The highest BCUT2D eigenvalue weighted by atomic mass is 19.1. The second-order valence-corrected chi connectivity index (χ2v) is 6.00. The molecular formula is C15H23FN2. The molecule has 0 bridgehead atoms. The van der Waals surface area contributed by atoms with Crippen molar-refractivity contribution < 1.29 is 4.39 Å². The molecule has 1 aliphatic rings. The lowest BCUT2D eigenvalue weighted by Gasteiger charge is -2.31. The first-order chi connectivity index (χ1) is 8.60. The Kier molecular flexibility index (Phi) is 4.20. The minimum atomic E-state index is -0.413. The van der Waals surface area contributed by atoms with Crippen LogP contribution in [-0.2, 0) is 0 Å². The van der Waals surface area contributed by atoms with Gasteiger partial charge in [-0.15, -0.1) is 0 Å². The van der Waals surface area contributed by atoms with Gasteiger partial charge in [-0.05, 0) is 42.7 Å². The van der Waals surface area contributed by atoms with Gasteiger partial charge < -0.3 is 5.32 Å². The van der Waals surface area contributed by atoms with E-state index in [-0.39, 0.29) is 0 Å². The fraction of sp³-hybridized carbons (Fsp3) is 0.667. The molecule has 1 heterocycles. The summed E-state index contributed by atoms with van der Waals surface area (Å²) < 4.78 is 13.0. The molecule has 100 valence electrons. The Balaban J connectivity index is 1.97. The molecule has 0 spiro atoms. The second kappa shape index (κ2) is 5.68. The predicted octanol–water partition coefficient (Wildman–Crippen LogP) is 4.24. The van der Waals surface area contributed by atoms with E-state index in [0.29, 0.717) is 17.2 Å². The van der Waals surface area contributed by atoms with Gasteiger partial charge in [0.05, 0.1) is 0 Å². The number of nitrogens with one attached hydrogen (secondary N) is 1. The highest BCUT2D eigenvalue weighted by Gasteiger charge is 2.34. The van der Waals surface area contributed by atoms with Crippen molar-refractivity contribution in [2.75, 3.05) is 11.9 Å². The van der Waals surface area contributed by atoms with Crippen molar-refractivity contribution in [1.29, 1.82) is 0 Å². The molecule has 18 heavy (non-hydrogen) atoms. The van der Waals surface area contributed by atoms with Gasteiger partial charge in [-0.2, -0.15) is 4.39 Å². The minimum Gasteiger partial charge on any atom is -0.369 e. The zero-order chi connectivity index (χ0) is 13.0. The number of nitrogens with zero attached hydrogens (tertiary/aromatic N) is 1. The van der Waals surface area contributed by atoms with Crippen LogP contribution in [0.15, 0.2) is 18.2 Å². The first-order valence-corrected chi connectivity index (χ1v) is 6.96. The highest BCUT2D eigenvalue weighted by molar-refractivity contribution is 5.33. The van der Waals surface area contributed by atoms with Gasteiger partial charge in [-0.1, -0.05) is 32.8 Å². The van der Waals surface area contributed by atoms with Crippen LogP contribution in [0, 0.1) is 17.3 Å². The molecule has 0 radical (unpaired) electrons. The SMILES string of the molecule is CC(C)CC1(CNc2cccc(F)n2)CCCC1. The quantitative estimate of drug-likeness (QED) is 0.791. The fourth-order valence-electron chi connectivity index (χ4n) is 3.23. The van der Waals surface area contributed by atoms with Gasteiger partial charge >= 0.3 is 0 Å². The van der Waals surface area contributed by atoms with Gasteiger partial charge in [0.15, 0.2) is 0 Å². The minimum absolute atomic E-state index is 0.391. The van der Waals surface area contributed by atoms with Crippen LogP contribution in [0.1, 0.15) is 46.0 Å². The maximum atomic E-state index is 13.0. The van der Waals surface area contributed by atoms with Crippen molar-refractivity contribution in [2.45, 2.75) is 46.0 Å². The van der Waals surface area contributed by atoms with Crippen molar-refractivity contribution in [3.63, 3.8) is 0 Å². The molecule has 1 aliphatic carbocycles. The summed E-state index contributed by atoms with van der Waals surface area (Å²) in [6.45, 7) is 5.47. The summed E-state index contributed by atoms with van der Waals surface area (Å²) >= 11 is 0. The van der Waals surface area contributed by atoms with Gasteiger partial charge in [0.1, 0.15) is 5.82 Å². The number of hydrogen-bond acceptors (Lipinski definition) is 2. The van der Waals surface area contributed by atoms with Gasteiger partial charge in [-0.25, -0.2) is 4.98 Å². The van der Waals surface area contributed by atoms with E-state index in [1.807, 2.05) is 6.07 Å². The summed E-state index contributed by atoms with van der Waals surface area (Å²) in [5, 5.41) is 3.32. The summed E-state index contributed by atoms with van der Waals surface area (Å²) in [4.78, 5) is 3.87. The molecule has 0 atom stereocenters. The van der Waals surface area contributed by atoms with E-state index >= 15 is 0 Å². The molecule has 2 nitrogen and oxygen atoms in total. The Hall–Kier alpha value is -1.12. The predicted molar refractivity (Wildman–Crippen MR) is 73.0 cm³/mol. The van der Waals surface area contributed by atoms with Crippen LogP contribution in [0.5, 0.6) is 0 Å². The summed E-state index contributed by atoms with van der Waals surface area (Å²) in [7, 11) is 0. The third-order valence-electron chi connectivity index (χ3n) is 3.87. The Morgan fingerprint density at radius 3 is 2.67 bits per heavy atom. The van der Waals surface area contributed by atoms with Crippen LogP contribution in [0.25, 0.3) is 0 Å². The van der Waals surface area contributed by atoms with Crippen LogP contribution in [0.4, 0.5) is 10.2 Å². The lowest BCUT2D eigenvalue weighted by molar-refractivity contribution is 0.252. The number of aromatic nitrogens is 1. The number of pyridine rings is 1. The van der Waals surface area contributed by atoms with E-state index in [4.69, 9.17) is 0 Å². The maximum Gasteiger partial charge on any atom is 0.214 e. The molecular weight excluding hydrogens is 227 g/mol. The molecule has 0 aromatic carbocycles. The number of halogens is 1. The number of rotatable bonds is 5. The van der Waals surface area contributed by atoms with Gasteiger partial charge in [-0.3, -0.25) is 0 Å². The molecule has 0 amide bonds. The average molecular weight is 250 g/mol. The van der Waals surface area contributed by atoms with Gasteiger partial charge in [0.2, 0.25) is 5.95 Å². The molecule has 3 heteroatoms. The molecule has 0 aliphatic heterocycles. The fourth-order valence-corrected chi connectivity index (χ4v) is 3.23. The van der Waals surface area contributed by atoms with E-state index in [0.717, 1.165) is 6.54 Å². The summed E-state index contributed by atoms with van der Waals surface area (Å²) in [5.74, 6) is 0.958. The van der Waals surface area contributed by atoms with Crippen molar-refractivity contribution in [2.24, 2.45) is 11.3 Å². The lowest BCUT2D eigenvalue weighted by Crippen LogP contribution is -2.28. The van der Waals surface area contributed by atoms with E-state index in [1.54, 1.807) is 6.07 Å². The third-order valence-corrected chi connectivity index (χ3v) is 3.87. The third kappa shape index (κ3) is 3.44. The van der Waals surface area contributed by atoms with Crippen LogP contribution >= 0.6 is 0 Å². The molecule has 1 N–H and O–H groups in total. The van der Waals surface area contributed by atoms with Crippen LogP contribution in [0.2, 0.25) is 0 Å². The Morgan fingerprint density at radius 1 is 1.33 bits per heavy atom. The summed E-state index contributed by atoms with van der Waals surface area (Å²) in [6.07, 6.45) is 6.46. The topological polar surface area (TPSA) is 24.9 Å². The van der Waals surface area contributed by atoms with E-state index < -0.39 is 5.95 Å². The average Bonchev–Trinajstić information content (AvgIpc) is 2.75. The van der Waals surface area contributed by atoms with Crippen molar-refractivity contribution in [3.8, 4) is 0 Å². The number of anilines is 1. The van der Waals surface area contributed by atoms with E-state index in [9.17, 15) is 4.39 Å². The second-order valence-electron chi connectivity index (χ2n) is 6.00. The molecule has 0 unspecified atom stereocenters. The number of hydrogen-bond donors (Lipinski definition) is 1. The Morgan fingerprint density at radius 2 is 2.06 bits per heavy atom. The van der Waals surface area contributed by atoms with E-state index in [1.165, 1.54) is 38.2 Å². The molecule has 1 aromatic heterocycles. The van der Waals surface area contributed by atoms with E-state index in [2.05, 4.69) is 24.1 Å². The van der Waals surface area contributed by atoms with Gasteiger partial charge in [0.25, 0.3) is 0 Å². The lowest BCUT2D eigenvalue weighted by atomic mass is 9.78. The maximum absolute atomic E-state index is 13.0. The zero-order valence-corrected chi connectivity index (χ0v) is 11.4. The molecule has 0 saturated heterocycles. The summed E-state index contributed by atoms with van der Waals surface area (Å²) in [6, 6.07) is 4.92. The largest absolute Gasteiger partial charge is 0.369 e. The van der Waals surface area contributed by atoms with Crippen LogP contribution in [0.3, 0.4) is 0 Å². The normalized spacial score (nSPS) is 18.2. The van der Waals surface area contributed by atoms with Crippen LogP contribution in [-0.4, -0.2) is 11.5 Å². The summed E-state index contributed by atoms with van der Waals surface area (Å²) in [5.41, 5.74) is 0.391. The molecule has 2 rings (SSSR count). The Bertz CT molecular complexity index is 384.